The van der Waals surface area contributed by atoms with Gasteiger partial charge in [-0.05, 0) is 62.1 Å². The van der Waals surface area contributed by atoms with Crippen LogP contribution in [0.25, 0.3) is 0 Å². The van der Waals surface area contributed by atoms with Crippen LogP contribution in [0, 0.1) is 17.0 Å². The molecule has 0 radical (unpaired) electrons. The maximum atomic E-state index is 13.0. The summed E-state index contributed by atoms with van der Waals surface area (Å²) in [5.74, 6) is -0.612. The van der Waals surface area contributed by atoms with Crippen LogP contribution in [-0.2, 0) is 16.0 Å². The van der Waals surface area contributed by atoms with E-state index in [0.717, 1.165) is 11.3 Å². The first-order chi connectivity index (χ1) is 14.8. The summed E-state index contributed by atoms with van der Waals surface area (Å²) in [4.78, 5) is 49.5. The molecule has 1 fully saturated rings. The second-order valence-corrected chi connectivity index (χ2v) is 7.82. The second-order valence-electron chi connectivity index (χ2n) is 7.82. The molecule has 0 bridgehead atoms. The Balaban J connectivity index is 1.48. The number of benzene rings is 2. The van der Waals surface area contributed by atoms with Gasteiger partial charge in [-0.3, -0.25) is 24.5 Å². The molecule has 2 N–H and O–H groups in total. The summed E-state index contributed by atoms with van der Waals surface area (Å²) in [6, 6.07) is 8.96. The average Bonchev–Trinajstić information content (AvgIpc) is 3.23. The summed E-state index contributed by atoms with van der Waals surface area (Å²) < 4.78 is 0. The monoisotopic (exact) mass is 422 g/mol. The standard InChI is InChI=1S/C22H22N4O5/c1-13-11-15(4-8-18(13)26(30)31)22(29)25-10-2-3-19(25)21(28)23-16-6-7-17-14(12-16)5-9-20(27)24-17/h4,6-8,11-12,19H,2-3,5,9-10H2,1H3,(H,23,28)(H,24,27). The number of nitro groups is 1. The van der Waals surface area contributed by atoms with Crippen molar-refractivity contribution in [3.8, 4) is 0 Å². The van der Waals surface area contributed by atoms with Crippen molar-refractivity contribution in [3.05, 3.63) is 63.2 Å². The van der Waals surface area contributed by atoms with Crippen LogP contribution in [0.1, 0.15) is 40.7 Å². The molecule has 1 unspecified atom stereocenters. The summed E-state index contributed by atoms with van der Waals surface area (Å²) >= 11 is 0. The molecule has 2 aliphatic rings. The van der Waals surface area contributed by atoms with Crippen LogP contribution in [0.3, 0.4) is 0 Å². The Bertz CT molecular complexity index is 1100. The summed E-state index contributed by atoms with van der Waals surface area (Å²) in [5, 5.41) is 16.7. The number of fused-ring (bicyclic) bond motifs is 1. The molecule has 3 amide bonds. The fourth-order valence-electron chi connectivity index (χ4n) is 4.13. The average molecular weight is 422 g/mol. The first kappa shape index (κ1) is 20.5. The number of carbonyl (C=O) groups is 3. The van der Waals surface area contributed by atoms with Crippen LogP contribution in [0.15, 0.2) is 36.4 Å². The Hall–Kier alpha value is -3.75. The minimum atomic E-state index is -0.612. The lowest BCUT2D eigenvalue weighted by atomic mass is 10.0. The van der Waals surface area contributed by atoms with Gasteiger partial charge in [-0.25, -0.2) is 0 Å². The summed E-state index contributed by atoms with van der Waals surface area (Å²) in [5.41, 5.74) is 3.00. The third kappa shape index (κ3) is 4.11. The van der Waals surface area contributed by atoms with E-state index in [1.54, 1.807) is 19.1 Å². The van der Waals surface area contributed by atoms with E-state index in [4.69, 9.17) is 0 Å². The molecule has 2 aromatic carbocycles. The van der Waals surface area contributed by atoms with Crippen LogP contribution in [0.2, 0.25) is 0 Å². The number of hydrogen-bond donors (Lipinski definition) is 2. The van der Waals surface area contributed by atoms with E-state index in [0.29, 0.717) is 49.0 Å². The number of amides is 3. The smallest absolute Gasteiger partial charge is 0.272 e. The van der Waals surface area contributed by atoms with Gasteiger partial charge in [0.05, 0.1) is 4.92 Å². The normalized spacial score (nSPS) is 17.6. The van der Waals surface area contributed by atoms with Crippen LogP contribution < -0.4 is 10.6 Å². The second kappa shape index (κ2) is 8.17. The molecular formula is C22H22N4O5. The first-order valence-electron chi connectivity index (χ1n) is 10.1. The van der Waals surface area contributed by atoms with E-state index in [2.05, 4.69) is 10.6 Å². The minimum absolute atomic E-state index is 0.0223. The van der Waals surface area contributed by atoms with Crippen molar-refractivity contribution in [2.24, 2.45) is 0 Å². The lowest BCUT2D eigenvalue weighted by Crippen LogP contribution is -2.43. The number of hydrogen-bond acceptors (Lipinski definition) is 5. The number of rotatable bonds is 4. The van der Waals surface area contributed by atoms with Gasteiger partial charge < -0.3 is 15.5 Å². The maximum Gasteiger partial charge on any atom is 0.272 e. The van der Waals surface area contributed by atoms with Crippen LogP contribution in [0.5, 0.6) is 0 Å². The molecule has 2 aromatic rings. The Kier molecular flexibility index (Phi) is 5.41. The predicted octanol–water partition coefficient (Wildman–Crippen LogP) is 3.03. The number of aryl methyl sites for hydroxylation is 2. The fourth-order valence-corrected chi connectivity index (χ4v) is 4.13. The van der Waals surface area contributed by atoms with Crippen LogP contribution in [-0.4, -0.2) is 40.1 Å². The maximum absolute atomic E-state index is 13.0. The van der Waals surface area contributed by atoms with E-state index >= 15 is 0 Å². The van der Waals surface area contributed by atoms with Crippen molar-refractivity contribution in [3.63, 3.8) is 0 Å². The molecule has 31 heavy (non-hydrogen) atoms. The molecule has 0 aliphatic carbocycles. The van der Waals surface area contributed by atoms with E-state index in [-0.39, 0.29) is 23.4 Å². The minimum Gasteiger partial charge on any atom is -0.327 e. The van der Waals surface area contributed by atoms with Gasteiger partial charge in [0.1, 0.15) is 6.04 Å². The molecule has 9 nitrogen and oxygen atoms in total. The van der Waals surface area contributed by atoms with Crippen molar-refractivity contribution in [1.82, 2.24) is 4.90 Å². The van der Waals surface area contributed by atoms with Gasteiger partial charge in [-0.15, -0.1) is 0 Å². The number of anilines is 2. The zero-order chi connectivity index (χ0) is 22.1. The highest BCUT2D eigenvalue weighted by molar-refractivity contribution is 6.02. The van der Waals surface area contributed by atoms with Gasteiger partial charge in [-0.2, -0.15) is 0 Å². The van der Waals surface area contributed by atoms with Gasteiger partial charge in [-0.1, -0.05) is 0 Å². The number of nitro benzene ring substituents is 1. The lowest BCUT2D eigenvalue weighted by Gasteiger charge is -2.24. The molecule has 1 atom stereocenters. The Labute approximate surface area is 178 Å². The first-order valence-corrected chi connectivity index (χ1v) is 10.1. The Morgan fingerprint density at radius 1 is 1.19 bits per heavy atom. The van der Waals surface area contributed by atoms with Gasteiger partial charge >= 0.3 is 0 Å². The molecule has 1 saturated heterocycles. The zero-order valence-electron chi connectivity index (χ0n) is 17.0. The van der Waals surface area contributed by atoms with Crippen LogP contribution in [0.4, 0.5) is 17.1 Å². The predicted molar refractivity (Wildman–Crippen MR) is 114 cm³/mol. The highest BCUT2D eigenvalue weighted by atomic mass is 16.6. The highest BCUT2D eigenvalue weighted by Gasteiger charge is 2.35. The summed E-state index contributed by atoms with van der Waals surface area (Å²) in [7, 11) is 0. The SMILES string of the molecule is Cc1cc(C(=O)N2CCCC2C(=O)Nc2ccc3c(c2)CCC(=O)N3)ccc1[N+](=O)[O-]. The van der Waals surface area contributed by atoms with Crippen molar-refractivity contribution < 1.29 is 19.3 Å². The molecule has 0 spiro atoms. The summed E-state index contributed by atoms with van der Waals surface area (Å²) in [6.07, 6.45) is 2.26. The molecule has 0 aromatic heterocycles. The Morgan fingerprint density at radius 3 is 2.74 bits per heavy atom. The third-order valence-electron chi connectivity index (χ3n) is 5.73. The van der Waals surface area contributed by atoms with E-state index in [9.17, 15) is 24.5 Å². The van der Waals surface area contributed by atoms with Crippen molar-refractivity contribution in [2.75, 3.05) is 17.2 Å². The van der Waals surface area contributed by atoms with Crippen molar-refractivity contribution in [2.45, 2.75) is 38.6 Å². The van der Waals surface area contributed by atoms with E-state index in [1.165, 1.54) is 23.1 Å². The summed E-state index contributed by atoms with van der Waals surface area (Å²) in [6.45, 7) is 2.03. The lowest BCUT2D eigenvalue weighted by molar-refractivity contribution is -0.385. The molecule has 0 saturated carbocycles. The highest BCUT2D eigenvalue weighted by Crippen LogP contribution is 2.28. The molecule has 160 valence electrons. The largest absolute Gasteiger partial charge is 0.327 e. The molecule has 4 rings (SSSR count). The number of nitrogens with zero attached hydrogens (tertiary/aromatic N) is 2. The third-order valence-corrected chi connectivity index (χ3v) is 5.73. The number of nitrogens with one attached hydrogen (secondary N) is 2. The number of likely N-dealkylation sites (tertiary alicyclic amines) is 1. The molecule has 9 heteroatoms. The quantitative estimate of drug-likeness (QED) is 0.579. The van der Waals surface area contributed by atoms with Gasteiger partial charge in [0, 0.05) is 41.5 Å². The molecule has 2 heterocycles. The Morgan fingerprint density at radius 2 is 2.00 bits per heavy atom. The topological polar surface area (TPSA) is 122 Å². The van der Waals surface area contributed by atoms with Gasteiger partial charge in [0.15, 0.2) is 0 Å². The fraction of sp³-hybridized carbons (Fsp3) is 0.318. The molecule has 2 aliphatic heterocycles. The van der Waals surface area contributed by atoms with Crippen molar-refractivity contribution >= 4 is 34.8 Å². The van der Waals surface area contributed by atoms with E-state index < -0.39 is 11.0 Å². The number of carbonyl (C=O) groups excluding carboxylic acids is 3. The van der Waals surface area contributed by atoms with Crippen molar-refractivity contribution in [1.29, 1.82) is 0 Å². The van der Waals surface area contributed by atoms with E-state index in [1.807, 2.05) is 6.07 Å². The van der Waals surface area contributed by atoms with Crippen LogP contribution >= 0.6 is 0 Å². The molecular weight excluding hydrogens is 400 g/mol. The van der Waals surface area contributed by atoms with Gasteiger partial charge in [0.25, 0.3) is 11.6 Å². The van der Waals surface area contributed by atoms with Gasteiger partial charge in [0.2, 0.25) is 11.8 Å². The zero-order valence-corrected chi connectivity index (χ0v) is 17.0.